The van der Waals surface area contributed by atoms with E-state index in [0.717, 1.165) is 12.8 Å². The normalized spacial score (nSPS) is 33.1. The van der Waals surface area contributed by atoms with Gasteiger partial charge in [-0.25, -0.2) is 0 Å². The zero-order valence-electron chi connectivity index (χ0n) is 12.3. The molecule has 0 aromatic rings. The number of carbonyl (C=O) groups is 1. The second-order valence-corrected chi connectivity index (χ2v) is 6.82. The molecule has 2 fully saturated rings. The summed E-state index contributed by atoms with van der Waals surface area (Å²) >= 11 is 0. The lowest BCUT2D eigenvalue weighted by Crippen LogP contribution is -2.45. The number of nitrogens with one attached hydrogen (secondary N) is 1. The molecule has 2 rings (SSSR count). The molecule has 3 nitrogen and oxygen atoms in total. The fourth-order valence-electron chi connectivity index (χ4n) is 3.47. The number of rotatable bonds is 3. The number of hydrogen-bond donors (Lipinski definition) is 1. The lowest BCUT2D eigenvalue weighted by molar-refractivity contribution is -0.133. The van der Waals surface area contributed by atoms with Gasteiger partial charge in [-0.2, -0.15) is 0 Å². The Morgan fingerprint density at radius 1 is 1.33 bits per heavy atom. The molecule has 1 saturated carbocycles. The van der Waals surface area contributed by atoms with Gasteiger partial charge in [0.05, 0.1) is 12.2 Å². The van der Waals surface area contributed by atoms with Crippen LogP contribution in [-0.2, 0) is 4.79 Å². The molecule has 0 radical (unpaired) electrons. The molecule has 1 N–H and O–H groups in total. The molecule has 2 unspecified atom stereocenters. The molecule has 1 aliphatic heterocycles. The summed E-state index contributed by atoms with van der Waals surface area (Å²) in [6, 6.07) is 0.537. The first-order valence-corrected chi connectivity index (χ1v) is 7.53. The molecular weight excluding hydrogens is 224 g/mol. The van der Waals surface area contributed by atoms with Crippen LogP contribution < -0.4 is 5.32 Å². The van der Waals surface area contributed by atoms with Crippen molar-refractivity contribution >= 4 is 5.91 Å². The summed E-state index contributed by atoms with van der Waals surface area (Å²) in [4.78, 5) is 14.6. The van der Waals surface area contributed by atoms with Crippen molar-refractivity contribution in [3.8, 4) is 0 Å². The monoisotopic (exact) mass is 252 g/mol. The molecule has 0 aromatic heterocycles. The lowest BCUT2D eigenvalue weighted by Gasteiger charge is -2.40. The van der Waals surface area contributed by atoms with E-state index < -0.39 is 0 Å². The fourth-order valence-corrected chi connectivity index (χ4v) is 3.47. The fraction of sp³-hybridized carbons (Fsp3) is 0.933. The van der Waals surface area contributed by atoms with E-state index in [2.05, 4.69) is 37.9 Å². The lowest BCUT2D eigenvalue weighted by atomic mass is 9.75. The Balaban J connectivity index is 1.99. The zero-order chi connectivity index (χ0) is 13.3. The van der Waals surface area contributed by atoms with Gasteiger partial charge in [-0.05, 0) is 44.4 Å². The van der Waals surface area contributed by atoms with Gasteiger partial charge in [0.1, 0.15) is 0 Å². The van der Waals surface area contributed by atoms with Gasteiger partial charge in [0, 0.05) is 6.04 Å². The molecule has 2 atom stereocenters. The number of nitrogens with zero attached hydrogens (tertiary/aromatic N) is 1. The van der Waals surface area contributed by atoms with E-state index in [1.54, 1.807) is 0 Å². The number of hydrogen-bond acceptors (Lipinski definition) is 2. The number of amides is 1. The summed E-state index contributed by atoms with van der Waals surface area (Å²) in [6.07, 6.45) is 7.09. The minimum absolute atomic E-state index is 0.0694. The minimum Gasteiger partial charge on any atom is -0.323 e. The molecule has 1 amide bonds. The first kappa shape index (κ1) is 13.9. The van der Waals surface area contributed by atoms with Gasteiger partial charge in [0.25, 0.3) is 0 Å². The zero-order valence-corrected chi connectivity index (χ0v) is 12.3. The second-order valence-electron chi connectivity index (χ2n) is 6.82. The summed E-state index contributed by atoms with van der Waals surface area (Å²) in [5, 5.41) is 3.45. The maximum atomic E-state index is 12.4. The van der Waals surface area contributed by atoms with Gasteiger partial charge < -0.3 is 4.90 Å². The quantitative estimate of drug-likeness (QED) is 0.837. The maximum Gasteiger partial charge on any atom is 0.241 e. The van der Waals surface area contributed by atoms with Crippen molar-refractivity contribution in [3.05, 3.63) is 0 Å². The van der Waals surface area contributed by atoms with Crippen molar-refractivity contribution < 1.29 is 4.79 Å². The van der Waals surface area contributed by atoms with Crippen molar-refractivity contribution in [2.24, 2.45) is 5.41 Å². The van der Waals surface area contributed by atoms with E-state index >= 15 is 0 Å². The standard InChI is InChI=1S/C15H28N2O/c1-5-6-13-14(18)17(11(2)16-13)12-7-9-15(3,4)10-8-12/h11-13,16H,5-10H2,1-4H3. The molecule has 104 valence electrons. The highest BCUT2D eigenvalue weighted by molar-refractivity contribution is 5.84. The minimum atomic E-state index is 0.0694. The molecule has 0 bridgehead atoms. The SMILES string of the molecule is CCCC1NC(C)N(C2CCC(C)(C)CC2)C1=O. The Labute approximate surface area is 111 Å². The highest BCUT2D eigenvalue weighted by Crippen LogP contribution is 2.38. The molecule has 2 aliphatic rings. The smallest absolute Gasteiger partial charge is 0.241 e. The van der Waals surface area contributed by atoms with E-state index in [1.165, 1.54) is 25.7 Å². The third kappa shape index (κ3) is 2.71. The highest BCUT2D eigenvalue weighted by atomic mass is 16.2. The topological polar surface area (TPSA) is 32.3 Å². The van der Waals surface area contributed by atoms with E-state index in [0.29, 0.717) is 17.4 Å². The summed E-state index contributed by atoms with van der Waals surface area (Å²) < 4.78 is 0. The highest BCUT2D eigenvalue weighted by Gasteiger charge is 2.41. The second kappa shape index (κ2) is 5.20. The maximum absolute atomic E-state index is 12.4. The summed E-state index contributed by atoms with van der Waals surface area (Å²) in [5.74, 6) is 0.342. The Morgan fingerprint density at radius 3 is 2.50 bits per heavy atom. The molecule has 0 aromatic carbocycles. The van der Waals surface area contributed by atoms with Gasteiger partial charge in [0.2, 0.25) is 5.91 Å². The van der Waals surface area contributed by atoms with Gasteiger partial charge in [-0.3, -0.25) is 10.1 Å². The largest absolute Gasteiger partial charge is 0.323 e. The van der Waals surface area contributed by atoms with Crippen LogP contribution in [0.2, 0.25) is 0 Å². The van der Waals surface area contributed by atoms with Crippen LogP contribution in [0.15, 0.2) is 0 Å². The van der Waals surface area contributed by atoms with Crippen LogP contribution in [0.1, 0.15) is 66.2 Å². The van der Waals surface area contributed by atoms with Crippen LogP contribution in [0.3, 0.4) is 0 Å². The van der Waals surface area contributed by atoms with Crippen molar-refractivity contribution in [3.63, 3.8) is 0 Å². The van der Waals surface area contributed by atoms with E-state index in [1.807, 2.05) is 0 Å². The summed E-state index contributed by atoms with van der Waals surface area (Å²) in [7, 11) is 0. The van der Waals surface area contributed by atoms with Crippen molar-refractivity contribution in [2.75, 3.05) is 0 Å². The first-order valence-electron chi connectivity index (χ1n) is 7.53. The summed E-state index contributed by atoms with van der Waals surface area (Å²) in [6.45, 7) is 8.96. The first-order chi connectivity index (χ1) is 8.44. The van der Waals surface area contributed by atoms with Crippen molar-refractivity contribution in [2.45, 2.75) is 84.5 Å². The van der Waals surface area contributed by atoms with Crippen LogP contribution in [0.5, 0.6) is 0 Å². The average molecular weight is 252 g/mol. The third-order valence-electron chi connectivity index (χ3n) is 4.69. The van der Waals surface area contributed by atoms with Crippen LogP contribution in [-0.4, -0.2) is 29.1 Å². The van der Waals surface area contributed by atoms with E-state index in [-0.39, 0.29) is 12.2 Å². The molecule has 18 heavy (non-hydrogen) atoms. The third-order valence-corrected chi connectivity index (χ3v) is 4.69. The van der Waals surface area contributed by atoms with Crippen LogP contribution >= 0.6 is 0 Å². The van der Waals surface area contributed by atoms with Crippen molar-refractivity contribution in [1.82, 2.24) is 10.2 Å². The van der Waals surface area contributed by atoms with Gasteiger partial charge in [0.15, 0.2) is 0 Å². The molecular formula is C15H28N2O. The van der Waals surface area contributed by atoms with Gasteiger partial charge in [-0.1, -0.05) is 27.2 Å². The Kier molecular flexibility index (Phi) is 4.00. The number of carbonyl (C=O) groups excluding carboxylic acids is 1. The van der Waals surface area contributed by atoms with E-state index in [4.69, 9.17) is 0 Å². The predicted molar refractivity (Wildman–Crippen MR) is 74.2 cm³/mol. The molecule has 3 heteroatoms. The van der Waals surface area contributed by atoms with Crippen LogP contribution in [0.25, 0.3) is 0 Å². The predicted octanol–water partition coefficient (Wildman–Crippen LogP) is 2.90. The summed E-state index contributed by atoms with van der Waals surface area (Å²) in [5.41, 5.74) is 0.471. The Morgan fingerprint density at radius 2 is 1.94 bits per heavy atom. The molecule has 0 spiro atoms. The van der Waals surface area contributed by atoms with Gasteiger partial charge in [-0.15, -0.1) is 0 Å². The van der Waals surface area contributed by atoms with Crippen LogP contribution in [0.4, 0.5) is 0 Å². The van der Waals surface area contributed by atoms with Gasteiger partial charge >= 0.3 is 0 Å². The molecule has 1 saturated heterocycles. The van der Waals surface area contributed by atoms with Crippen LogP contribution in [0, 0.1) is 5.41 Å². The average Bonchev–Trinajstić information content (AvgIpc) is 2.56. The Bertz CT molecular complexity index is 304. The van der Waals surface area contributed by atoms with E-state index in [9.17, 15) is 4.79 Å². The van der Waals surface area contributed by atoms with Crippen molar-refractivity contribution in [1.29, 1.82) is 0 Å². The molecule has 1 aliphatic carbocycles. The Hall–Kier alpha value is -0.570. The molecule has 1 heterocycles.